The molecule has 1 heterocycles. The molecule has 0 amide bonds. The second-order valence-corrected chi connectivity index (χ2v) is 5.61. The highest BCUT2D eigenvalue weighted by atomic mass is 16.5. The van der Waals surface area contributed by atoms with Gasteiger partial charge in [-0.25, -0.2) is 0 Å². The normalized spacial score (nSPS) is 24.1. The van der Waals surface area contributed by atoms with Crippen LogP contribution >= 0.6 is 0 Å². The van der Waals surface area contributed by atoms with Crippen LogP contribution in [0.4, 0.5) is 0 Å². The summed E-state index contributed by atoms with van der Waals surface area (Å²) in [6.45, 7) is 9.16. The van der Waals surface area contributed by atoms with E-state index in [4.69, 9.17) is 10.5 Å². The summed E-state index contributed by atoms with van der Waals surface area (Å²) in [6, 6.07) is 9.17. The molecule has 2 rings (SSSR count). The van der Waals surface area contributed by atoms with Gasteiger partial charge in [0.15, 0.2) is 0 Å². The van der Waals surface area contributed by atoms with Crippen molar-refractivity contribution in [2.24, 2.45) is 5.73 Å². The highest BCUT2D eigenvalue weighted by Gasteiger charge is 2.28. The zero-order valence-corrected chi connectivity index (χ0v) is 12.3. The van der Waals surface area contributed by atoms with Gasteiger partial charge < -0.3 is 10.5 Å². The number of aryl methyl sites for hydroxylation is 1. The Hall–Kier alpha value is -0.900. The smallest absolute Gasteiger partial charge is 0.0700 e. The molecule has 19 heavy (non-hydrogen) atoms. The van der Waals surface area contributed by atoms with Crippen LogP contribution in [0.15, 0.2) is 24.3 Å². The molecule has 1 fully saturated rings. The monoisotopic (exact) mass is 262 g/mol. The minimum atomic E-state index is 0.123. The Morgan fingerprint density at radius 3 is 2.63 bits per heavy atom. The van der Waals surface area contributed by atoms with Crippen molar-refractivity contribution in [3.8, 4) is 0 Å². The summed E-state index contributed by atoms with van der Waals surface area (Å²) in [7, 11) is 0. The molecule has 0 bridgehead atoms. The molecule has 3 nitrogen and oxygen atoms in total. The van der Waals surface area contributed by atoms with E-state index in [0.29, 0.717) is 12.1 Å². The number of rotatable bonds is 4. The third-order valence-electron chi connectivity index (χ3n) is 3.94. The first-order valence-corrected chi connectivity index (χ1v) is 7.29. The molecule has 1 saturated heterocycles. The van der Waals surface area contributed by atoms with Crippen LogP contribution in [-0.2, 0) is 4.74 Å². The number of nitrogens with zero attached hydrogens (tertiary/aromatic N) is 1. The van der Waals surface area contributed by atoms with Crippen LogP contribution in [0.25, 0.3) is 0 Å². The molecule has 2 N–H and O–H groups in total. The van der Waals surface area contributed by atoms with E-state index in [0.717, 1.165) is 26.1 Å². The Morgan fingerprint density at radius 2 is 2.05 bits per heavy atom. The Balaban J connectivity index is 2.17. The first-order valence-electron chi connectivity index (χ1n) is 7.29. The van der Waals surface area contributed by atoms with Crippen LogP contribution in [0.5, 0.6) is 0 Å². The quantitative estimate of drug-likeness (QED) is 0.906. The summed E-state index contributed by atoms with van der Waals surface area (Å²) >= 11 is 0. The fourth-order valence-corrected chi connectivity index (χ4v) is 2.85. The minimum absolute atomic E-state index is 0.123. The van der Waals surface area contributed by atoms with Gasteiger partial charge >= 0.3 is 0 Å². The Morgan fingerprint density at radius 1 is 1.37 bits per heavy atom. The van der Waals surface area contributed by atoms with Crippen LogP contribution in [0.2, 0.25) is 0 Å². The molecule has 3 unspecified atom stereocenters. The average molecular weight is 262 g/mol. The van der Waals surface area contributed by atoms with E-state index in [9.17, 15) is 0 Å². The topological polar surface area (TPSA) is 38.5 Å². The third kappa shape index (κ3) is 3.56. The van der Waals surface area contributed by atoms with Gasteiger partial charge in [0, 0.05) is 25.2 Å². The molecule has 3 heteroatoms. The number of nitrogens with two attached hydrogens (primary N) is 1. The maximum Gasteiger partial charge on any atom is 0.0700 e. The van der Waals surface area contributed by atoms with Gasteiger partial charge in [0.05, 0.1) is 12.7 Å². The lowest BCUT2D eigenvalue weighted by atomic mass is 9.97. The Kier molecular flexibility index (Phi) is 4.97. The average Bonchev–Trinajstić information content (AvgIpc) is 2.41. The van der Waals surface area contributed by atoms with Crippen molar-refractivity contribution in [3.63, 3.8) is 0 Å². The molecule has 0 aliphatic carbocycles. The molecule has 106 valence electrons. The molecule has 0 radical (unpaired) electrons. The summed E-state index contributed by atoms with van der Waals surface area (Å²) in [5.41, 5.74) is 8.85. The van der Waals surface area contributed by atoms with E-state index >= 15 is 0 Å². The Labute approximate surface area is 116 Å². The molecule has 1 aliphatic heterocycles. The van der Waals surface area contributed by atoms with Gasteiger partial charge in [-0.15, -0.1) is 0 Å². The number of morpholine rings is 1. The lowest BCUT2D eigenvalue weighted by Gasteiger charge is -2.40. The van der Waals surface area contributed by atoms with Gasteiger partial charge in [-0.3, -0.25) is 4.90 Å². The summed E-state index contributed by atoms with van der Waals surface area (Å²) in [6.07, 6.45) is 1.41. The van der Waals surface area contributed by atoms with Gasteiger partial charge in [-0.05, 0) is 25.8 Å². The van der Waals surface area contributed by atoms with Gasteiger partial charge in [0.25, 0.3) is 0 Å². The van der Waals surface area contributed by atoms with Crippen molar-refractivity contribution in [2.45, 2.75) is 45.4 Å². The van der Waals surface area contributed by atoms with Crippen molar-refractivity contribution >= 4 is 0 Å². The van der Waals surface area contributed by atoms with Gasteiger partial charge in [0.1, 0.15) is 0 Å². The second kappa shape index (κ2) is 6.51. The molecule has 1 aromatic rings. The van der Waals surface area contributed by atoms with Crippen molar-refractivity contribution in [1.82, 2.24) is 4.90 Å². The largest absolute Gasteiger partial charge is 0.376 e. The maximum absolute atomic E-state index is 6.24. The van der Waals surface area contributed by atoms with Crippen molar-refractivity contribution in [1.29, 1.82) is 0 Å². The van der Waals surface area contributed by atoms with E-state index in [1.807, 2.05) is 0 Å². The van der Waals surface area contributed by atoms with Gasteiger partial charge in [0.2, 0.25) is 0 Å². The van der Waals surface area contributed by atoms with Crippen molar-refractivity contribution in [2.75, 3.05) is 19.7 Å². The lowest BCUT2D eigenvalue weighted by Crippen LogP contribution is -2.48. The van der Waals surface area contributed by atoms with Crippen LogP contribution in [-0.4, -0.2) is 36.7 Å². The summed E-state index contributed by atoms with van der Waals surface area (Å²) in [5.74, 6) is 0. The zero-order valence-electron chi connectivity index (χ0n) is 12.3. The van der Waals surface area contributed by atoms with Gasteiger partial charge in [-0.1, -0.05) is 36.8 Å². The van der Waals surface area contributed by atoms with Crippen molar-refractivity contribution in [3.05, 3.63) is 35.4 Å². The predicted octanol–water partition coefficient (Wildman–Crippen LogP) is 2.49. The van der Waals surface area contributed by atoms with Crippen LogP contribution < -0.4 is 5.73 Å². The molecule has 0 saturated carbocycles. The minimum Gasteiger partial charge on any atom is -0.376 e. The van der Waals surface area contributed by atoms with Crippen LogP contribution in [0, 0.1) is 6.92 Å². The zero-order chi connectivity index (χ0) is 13.8. The first kappa shape index (κ1) is 14.5. The van der Waals surface area contributed by atoms with Crippen molar-refractivity contribution < 1.29 is 4.74 Å². The fourth-order valence-electron chi connectivity index (χ4n) is 2.85. The molecule has 3 atom stereocenters. The number of hydrogen-bond donors (Lipinski definition) is 1. The number of benzene rings is 1. The van der Waals surface area contributed by atoms with E-state index in [1.54, 1.807) is 0 Å². The molecular weight excluding hydrogens is 236 g/mol. The first-order chi connectivity index (χ1) is 9.11. The Bertz CT molecular complexity index is 388. The van der Waals surface area contributed by atoms with E-state index in [1.165, 1.54) is 11.1 Å². The SMILES string of the molecule is CCC1CN(C(c2ccc(C)cc2)C(C)N)CCO1. The fraction of sp³-hybridized carbons (Fsp3) is 0.625. The lowest BCUT2D eigenvalue weighted by molar-refractivity contribution is -0.0477. The van der Waals surface area contributed by atoms with E-state index in [-0.39, 0.29) is 6.04 Å². The molecular formula is C16H26N2O. The predicted molar refractivity (Wildman–Crippen MR) is 79.2 cm³/mol. The summed E-state index contributed by atoms with van der Waals surface area (Å²) in [5, 5.41) is 0. The highest BCUT2D eigenvalue weighted by molar-refractivity contribution is 5.25. The molecule has 0 spiro atoms. The molecule has 0 aromatic heterocycles. The standard InChI is InChI=1S/C16H26N2O/c1-4-15-11-18(9-10-19-15)16(13(3)17)14-7-5-12(2)6-8-14/h5-8,13,15-16H,4,9-11,17H2,1-3H3. The third-order valence-corrected chi connectivity index (χ3v) is 3.94. The van der Waals surface area contributed by atoms with E-state index in [2.05, 4.69) is 49.9 Å². The highest BCUT2D eigenvalue weighted by Crippen LogP contribution is 2.26. The van der Waals surface area contributed by atoms with Gasteiger partial charge in [-0.2, -0.15) is 0 Å². The number of ether oxygens (including phenoxy) is 1. The van der Waals surface area contributed by atoms with E-state index < -0.39 is 0 Å². The summed E-state index contributed by atoms with van der Waals surface area (Å²) in [4.78, 5) is 2.48. The van der Waals surface area contributed by atoms with Crippen LogP contribution in [0.1, 0.15) is 37.4 Å². The second-order valence-electron chi connectivity index (χ2n) is 5.61. The summed E-state index contributed by atoms with van der Waals surface area (Å²) < 4.78 is 5.76. The number of hydrogen-bond acceptors (Lipinski definition) is 3. The maximum atomic E-state index is 6.24. The molecule has 1 aliphatic rings. The van der Waals surface area contributed by atoms with Crippen LogP contribution in [0.3, 0.4) is 0 Å². The molecule has 1 aromatic carbocycles.